The minimum Gasteiger partial charge on any atom is -0.350 e. The minimum atomic E-state index is -0.118. The SMILES string of the molecule is CC(C)NC(=O)c1ccc(C2(N)CC2)cc1. The van der Waals surface area contributed by atoms with Crippen LogP contribution < -0.4 is 11.1 Å². The van der Waals surface area contributed by atoms with Crippen LogP contribution in [0.3, 0.4) is 0 Å². The van der Waals surface area contributed by atoms with Crippen molar-refractivity contribution in [3.8, 4) is 0 Å². The van der Waals surface area contributed by atoms with Crippen molar-refractivity contribution in [2.45, 2.75) is 38.3 Å². The minimum absolute atomic E-state index is 0.0246. The van der Waals surface area contributed by atoms with Gasteiger partial charge in [0.1, 0.15) is 0 Å². The summed E-state index contributed by atoms with van der Waals surface area (Å²) in [7, 11) is 0. The number of carbonyl (C=O) groups is 1. The zero-order valence-corrected chi connectivity index (χ0v) is 9.79. The zero-order valence-electron chi connectivity index (χ0n) is 9.79. The first-order valence-corrected chi connectivity index (χ1v) is 5.71. The number of amides is 1. The zero-order chi connectivity index (χ0) is 11.8. The van der Waals surface area contributed by atoms with Crippen LogP contribution in [0.5, 0.6) is 0 Å². The van der Waals surface area contributed by atoms with Gasteiger partial charge in [0.15, 0.2) is 0 Å². The molecule has 0 atom stereocenters. The Balaban J connectivity index is 2.10. The van der Waals surface area contributed by atoms with E-state index in [9.17, 15) is 4.79 Å². The molecule has 2 rings (SSSR count). The average Bonchev–Trinajstić information content (AvgIpc) is 2.97. The molecule has 0 radical (unpaired) electrons. The monoisotopic (exact) mass is 218 g/mol. The quantitative estimate of drug-likeness (QED) is 0.812. The van der Waals surface area contributed by atoms with Gasteiger partial charge in [0.05, 0.1) is 0 Å². The Morgan fingerprint density at radius 1 is 1.31 bits per heavy atom. The summed E-state index contributed by atoms with van der Waals surface area (Å²) in [4.78, 5) is 11.7. The summed E-state index contributed by atoms with van der Waals surface area (Å²) < 4.78 is 0. The second-order valence-corrected chi connectivity index (χ2v) is 4.86. The Hall–Kier alpha value is -1.35. The molecular formula is C13H18N2O. The van der Waals surface area contributed by atoms with E-state index < -0.39 is 0 Å². The van der Waals surface area contributed by atoms with Crippen molar-refractivity contribution in [3.63, 3.8) is 0 Å². The summed E-state index contributed by atoms with van der Waals surface area (Å²) in [6.45, 7) is 3.90. The van der Waals surface area contributed by atoms with Crippen LogP contribution in [0.15, 0.2) is 24.3 Å². The molecule has 0 unspecified atom stereocenters. The first-order valence-electron chi connectivity index (χ1n) is 5.71. The largest absolute Gasteiger partial charge is 0.350 e. The smallest absolute Gasteiger partial charge is 0.251 e. The molecule has 1 aromatic rings. The fraction of sp³-hybridized carbons (Fsp3) is 0.462. The molecule has 0 saturated heterocycles. The maximum atomic E-state index is 11.7. The average molecular weight is 218 g/mol. The van der Waals surface area contributed by atoms with Crippen LogP contribution in [0.2, 0.25) is 0 Å². The molecule has 0 heterocycles. The van der Waals surface area contributed by atoms with Gasteiger partial charge in [-0.15, -0.1) is 0 Å². The van der Waals surface area contributed by atoms with Crippen molar-refractivity contribution in [1.82, 2.24) is 5.32 Å². The number of hydrogen-bond acceptors (Lipinski definition) is 2. The van der Waals surface area contributed by atoms with E-state index in [4.69, 9.17) is 5.73 Å². The fourth-order valence-corrected chi connectivity index (χ4v) is 1.72. The van der Waals surface area contributed by atoms with E-state index >= 15 is 0 Å². The van der Waals surface area contributed by atoms with Crippen LogP contribution in [0.25, 0.3) is 0 Å². The summed E-state index contributed by atoms with van der Waals surface area (Å²) >= 11 is 0. The third-order valence-electron chi connectivity index (χ3n) is 2.93. The Labute approximate surface area is 96.0 Å². The fourth-order valence-electron chi connectivity index (χ4n) is 1.72. The lowest BCUT2D eigenvalue weighted by molar-refractivity contribution is 0.0943. The number of hydrogen-bond donors (Lipinski definition) is 2. The molecule has 1 aromatic carbocycles. The predicted octanol–water partition coefficient (Wildman–Crippen LogP) is 1.77. The summed E-state index contributed by atoms with van der Waals surface area (Å²) in [6, 6.07) is 7.78. The van der Waals surface area contributed by atoms with Gasteiger partial charge < -0.3 is 11.1 Å². The highest BCUT2D eigenvalue weighted by Gasteiger charge is 2.39. The lowest BCUT2D eigenvalue weighted by Gasteiger charge is -2.11. The number of rotatable bonds is 3. The highest BCUT2D eigenvalue weighted by atomic mass is 16.1. The molecule has 1 saturated carbocycles. The van der Waals surface area contributed by atoms with Gasteiger partial charge >= 0.3 is 0 Å². The van der Waals surface area contributed by atoms with Crippen LogP contribution in [0.1, 0.15) is 42.6 Å². The number of benzene rings is 1. The molecule has 0 aliphatic heterocycles. The molecule has 86 valence electrons. The summed E-state index contributed by atoms with van der Waals surface area (Å²) in [5.41, 5.74) is 7.79. The first kappa shape index (κ1) is 11.1. The Kier molecular flexibility index (Phi) is 2.72. The highest BCUT2D eigenvalue weighted by molar-refractivity contribution is 5.94. The van der Waals surface area contributed by atoms with E-state index in [1.165, 1.54) is 0 Å². The third kappa shape index (κ3) is 2.25. The van der Waals surface area contributed by atoms with E-state index in [-0.39, 0.29) is 17.5 Å². The normalized spacial score (nSPS) is 17.2. The van der Waals surface area contributed by atoms with Gasteiger partial charge in [-0.05, 0) is 44.4 Å². The second kappa shape index (κ2) is 3.91. The van der Waals surface area contributed by atoms with Crippen molar-refractivity contribution in [2.24, 2.45) is 5.73 Å². The van der Waals surface area contributed by atoms with Crippen LogP contribution in [0.4, 0.5) is 0 Å². The molecule has 1 amide bonds. The topological polar surface area (TPSA) is 55.1 Å². The molecule has 1 fully saturated rings. The second-order valence-electron chi connectivity index (χ2n) is 4.86. The molecule has 3 nitrogen and oxygen atoms in total. The van der Waals surface area contributed by atoms with Gasteiger partial charge in [-0.25, -0.2) is 0 Å². The van der Waals surface area contributed by atoms with Gasteiger partial charge in [-0.3, -0.25) is 4.79 Å². The molecule has 1 aliphatic carbocycles. The Morgan fingerprint density at radius 3 is 2.31 bits per heavy atom. The van der Waals surface area contributed by atoms with Crippen molar-refractivity contribution < 1.29 is 4.79 Å². The maximum Gasteiger partial charge on any atom is 0.251 e. The van der Waals surface area contributed by atoms with Gasteiger partial charge in [0, 0.05) is 17.1 Å². The van der Waals surface area contributed by atoms with E-state index in [2.05, 4.69) is 5.32 Å². The summed E-state index contributed by atoms with van der Waals surface area (Å²) in [5.74, 6) is -0.0246. The maximum absolute atomic E-state index is 11.7. The van der Waals surface area contributed by atoms with E-state index in [1.807, 2.05) is 38.1 Å². The summed E-state index contributed by atoms with van der Waals surface area (Å²) in [6.07, 6.45) is 2.09. The van der Waals surface area contributed by atoms with E-state index in [1.54, 1.807) is 0 Å². The van der Waals surface area contributed by atoms with E-state index in [0.29, 0.717) is 5.56 Å². The Bertz CT molecular complexity index is 391. The molecule has 3 N–H and O–H groups in total. The van der Waals surface area contributed by atoms with Gasteiger partial charge in [0.25, 0.3) is 5.91 Å². The standard InChI is InChI=1S/C13H18N2O/c1-9(2)15-12(16)10-3-5-11(6-4-10)13(14)7-8-13/h3-6,9H,7-8,14H2,1-2H3,(H,15,16). The van der Waals surface area contributed by atoms with Crippen molar-refractivity contribution in [2.75, 3.05) is 0 Å². The van der Waals surface area contributed by atoms with Gasteiger partial charge in [-0.1, -0.05) is 12.1 Å². The molecule has 0 aromatic heterocycles. The van der Waals surface area contributed by atoms with Crippen molar-refractivity contribution in [3.05, 3.63) is 35.4 Å². The molecule has 0 spiro atoms. The molecular weight excluding hydrogens is 200 g/mol. The van der Waals surface area contributed by atoms with Crippen LogP contribution in [0, 0.1) is 0 Å². The lowest BCUT2D eigenvalue weighted by atomic mass is 10.0. The highest BCUT2D eigenvalue weighted by Crippen LogP contribution is 2.42. The molecule has 16 heavy (non-hydrogen) atoms. The Morgan fingerprint density at radius 2 is 1.88 bits per heavy atom. The summed E-state index contributed by atoms with van der Waals surface area (Å²) in [5, 5.41) is 2.86. The number of carbonyl (C=O) groups excluding carboxylic acids is 1. The van der Waals surface area contributed by atoms with Crippen LogP contribution in [-0.4, -0.2) is 11.9 Å². The molecule has 1 aliphatic rings. The van der Waals surface area contributed by atoms with Crippen LogP contribution >= 0.6 is 0 Å². The van der Waals surface area contributed by atoms with Crippen molar-refractivity contribution >= 4 is 5.91 Å². The van der Waals surface area contributed by atoms with Crippen LogP contribution in [-0.2, 0) is 5.54 Å². The molecule has 3 heteroatoms. The van der Waals surface area contributed by atoms with Gasteiger partial charge in [0.2, 0.25) is 0 Å². The molecule has 0 bridgehead atoms. The number of nitrogens with two attached hydrogens (primary N) is 1. The van der Waals surface area contributed by atoms with Gasteiger partial charge in [-0.2, -0.15) is 0 Å². The number of nitrogens with one attached hydrogen (secondary N) is 1. The third-order valence-corrected chi connectivity index (χ3v) is 2.93. The van der Waals surface area contributed by atoms with E-state index in [0.717, 1.165) is 18.4 Å². The first-order chi connectivity index (χ1) is 7.51. The predicted molar refractivity (Wildman–Crippen MR) is 64.1 cm³/mol. The van der Waals surface area contributed by atoms with Crippen molar-refractivity contribution in [1.29, 1.82) is 0 Å². The lowest BCUT2D eigenvalue weighted by Crippen LogP contribution is -2.30.